The second-order valence-corrected chi connectivity index (χ2v) is 7.52. The Hall–Kier alpha value is -4.92. The summed E-state index contributed by atoms with van der Waals surface area (Å²) in [6, 6.07) is 10.6. The Labute approximate surface area is 216 Å². The molecule has 0 radical (unpaired) electrons. The van der Waals surface area contributed by atoms with Crippen molar-refractivity contribution >= 4 is 40.8 Å². The highest BCUT2D eigenvalue weighted by Gasteiger charge is 2.21. The summed E-state index contributed by atoms with van der Waals surface area (Å²) in [7, 11) is 0. The van der Waals surface area contributed by atoms with Gasteiger partial charge in [-0.15, -0.1) is 0 Å². The fraction of sp³-hybridized carbons (Fsp3) is 0.304. The predicted molar refractivity (Wildman–Crippen MR) is 134 cm³/mol. The summed E-state index contributed by atoms with van der Waals surface area (Å²) < 4.78 is 0. The van der Waals surface area contributed by atoms with Crippen molar-refractivity contribution in [2.24, 2.45) is 0 Å². The van der Waals surface area contributed by atoms with E-state index in [0.29, 0.717) is 12.2 Å². The Morgan fingerprint density at radius 1 is 0.789 bits per heavy atom. The van der Waals surface area contributed by atoms with Crippen molar-refractivity contribution < 1.29 is 39.2 Å². The largest absolute Gasteiger partial charge is 0.473 e. The van der Waals surface area contributed by atoms with Crippen molar-refractivity contribution in [3.63, 3.8) is 0 Å². The summed E-state index contributed by atoms with van der Waals surface area (Å²) in [4.78, 5) is 67.8. The van der Waals surface area contributed by atoms with E-state index >= 15 is 0 Å². The zero-order valence-electron chi connectivity index (χ0n) is 20.6. The van der Waals surface area contributed by atoms with E-state index in [1.54, 1.807) is 0 Å². The van der Waals surface area contributed by atoms with Crippen molar-refractivity contribution in [2.75, 3.05) is 38.0 Å². The lowest BCUT2D eigenvalue weighted by molar-refractivity contribution is -0.385. The number of aliphatic carboxylic acids is 2. The summed E-state index contributed by atoms with van der Waals surface area (Å²) in [5.74, 6) is -4.54. The van der Waals surface area contributed by atoms with E-state index in [2.05, 4.69) is 10.2 Å². The Morgan fingerprint density at radius 2 is 1.24 bits per heavy atom. The van der Waals surface area contributed by atoms with Crippen LogP contribution >= 0.6 is 0 Å². The molecule has 0 saturated heterocycles. The van der Waals surface area contributed by atoms with Crippen molar-refractivity contribution in [1.29, 1.82) is 0 Å². The topological polar surface area (TPSA) is 214 Å². The number of nitrogens with one attached hydrogen (secondary N) is 1. The summed E-state index contributed by atoms with van der Waals surface area (Å²) in [6.07, 6.45) is 0. The van der Waals surface area contributed by atoms with Crippen LogP contribution in [0.4, 0.5) is 17.1 Å². The summed E-state index contributed by atoms with van der Waals surface area (Å²) >= 11 is 0. The predicted octanol–water partition coefficient (Wildman–Crippen LogP) is 2.08. The Balaban J connectivity index is 0.00000107. The summed E-state index contributed by atoms with van der Waals surface area (Å²) in [5.41, 5.74) is 0.370. The van der Waals surface area contributed by atoms with Gasteiger partial charge >= 0.3 is 11.9 Å². The van der Waals surface area contributed by atoms with Crippen LogP contribution < -0.4 is 5.32 Å². The average molecular weight is 533 g/mol. The molecule has 0 bridgehead atoms. The van der Waals surface area contributed by atoms with Gasteiger partial charge in [0.25, 0.3) is 17.3 Å². The van der Waals surface area contributed by atoms with Crippen LogP contribution in [0.2, 0.25) is 0 Å². The molecule has 0 heterocycles. The number of carboxylic acids is 2. The van der Waals surface area contributed by atoms with Crippen LogP contribution in [0.25, 0.3) is 0 Å². The lowest BCUT2D eigenvalue weighted by Crippen LogP contribution is -2.42. The molecular formula is C23H27N5O10. The van der Waals surface area contributed by atoms with E-state index in [4.69, 9.17) is 19.8 Å². The van der Waals surface area contributed by atoms with Gasteiger partial charge in [0.15, 0.2) is 0 Å². The van der Waals surface area contributed by atoms with Gasteiger partial charge in [-0.2, -0.15) is 0 Å². The number of nitrogens with zero attached hydrogens (tertiary/aromatic N) is 4. The third-order valence-corrected chi connectivity index (χ3v) is 5.07. The molecule has 3 N–H and O–H groups in total. The molecule has 2 aromatic rings. The number of hydrogen-bond acceptors (Lipinski definition) is 9. The molecule has 0 atom stereocenters. The van der Waals surface area contributed by atoms with E-state index < -0.39 is 33.6 Å². The van der Waals surface area contributed by atoms with Gasteiger partial charge in [-0.1, -0.05) is 13.8 Å². The lowest BCUT2D eigenvalue weighted by Gasteiger charge is -2.26. The van der Waals surface area contributed by atoms with Gasteiger partial charge in [0.05, 0.1) is 9.85 Å². The lowest BCUT2D eigenvalue weighted by atomic mass is 10.1. The van der Waals surface area contributed by atoms with Crippen molar-refractivity contribution in [2.45, 2.75) is 13.8 Å². The molecule has 2 rings (SSSR count). The molecule has 0 aromatic heterocycles. The van der Waals surface area contributed by atoms with Gasteiger partial charge < -0.3 is 25.3 Å². The molecule has 38 heavy (non-hydrogen) atoms. The second kappa shape index (κ2) is 15.2. The molecule has 0 spiro atoms. The maximum absolute atomic E-state index is 13.0. The molecule has 0 aliphatic rings. The number of rotatable bonds is 11. The van der Waals surface area contributed by atoms with E-state index in [0.717, 1.165) is 13.1 Å². The minimum atomic E-state index is -1.82. The van der Waals surface area contributed by atoms with E-state index in [-0.39, 0.29) is 30.0 Å². The van der Waals surface area contributed by atoms with Gasteiger partial charge in [0.1, 0.15) is 6.54 Å². The maximum atomic E-state index is 13.0. The molecule has 2 amide bonds. The normalized spacial score (nSPS) is 10.1. The minimum absolute atomic E-state index is 0.0998. The van der Waals surface area contributed by atoms with Gasteiger partial charge in [0.2, 0.25) is 5.91 Å². The molecule has 0 saturated carbocycles. The van der Waals surface area contributed by atoms with Crippen LogP contribution in [0.1, 0.15) is 24.2 Å². The average Bonchev–Trinajstić information content (AvgIpc) is 2.88. The third-order valence-electron chi connectivity index (χ3n) is 5.07. The first-order chi connectivity index (χ1) is 17.9. The minimum Gasteiger partial charge on any atom is -0.473 e. The van der Waals surface area contributed by atoms with Crippen LogP contribution in [0.15, 0.2) is 48.5 Å². The standard InChI is InChI=1S/C21H25N5O6.C2H2O4/c1-3-23(4-2)13-14-24(21(28)16-5-9-18(10-6-16)25(29)30)15-20(27)22-17-7-11-19(12-8-17)26(31)32;3-1(4)2(5)6/h5-12H,3-4,13-15H2,1-2H3,(H,22,27);(H,3,4)(H,5,6). The first-order valence-electron chi connectivity index (χ1n) is 11.2. The number of nitro groups is 2. The molecule has 0 fully saturated rings. The van der Waals surface area contributed by atoms with Crippen LogP contribution in [-0.2, 0) is 14.4 Å². The van der Waals surface area contributed by atoms with Gasteiger partial charge in [0, 0.05) is 48.6 Å². The summed E-state index contributed by atoms with van der Waals surface area (Å²) in [5, 5.41) is 39.0. The maximum Gasteiger partial charge on any atom is 0.414 e. The third kappa shape index (κ3) is 10.4. The first kappa shape index (κ1) is 31.1. The Morgan fingerprint density at radius 3 is 1.63 bits per heavy atom. The number of hydrogen-bond donors (Lipinski definition) is 3. The molecule has 15 heteroatoms. The highest BCUT2D eigenvalue weighted by atomic mass is 16.6. The quantitative estimate of drug-likeness (QED) is 0.216. The van der Waals surface area contributed by atoms with Crippen LogP contribution in [0.3, 0.4) is 0 Å². The van der Waals surface area contributed by atoms with Gasteiger partial charge in [-0.25, -0.2) is 9.59 Å². The van der Waals surface area contributed by atoms with Crippen molar-refractivity contribution in [1.82, 2.24) is 9.80 Å². The number of amides is 2. The number of carbonyl (C=O) groups excluding carboxylic acids is 2. The van der Waals surface area contributed by atoms with Crippen molar-refractivity contribution in [3.05, 3.63) is 74.3 Å². The number of anilines is 1. The van der Waals surface area contributed by atoms with Crippen LogP contribution in [0, 0.1) is 20.2 Å². The SMILES string of the molecule is CCN(CC)CCN(CC(=O)Nc1ccc([N+](=O)[O-])cc1)C(=O)c1ccc([N+](=O)[O-])cc1.O=C(O)C(=O)O. The molecular weight excluding hydrogens is 506 g/mol. The van der Waals surface area contributed by atoms with E-state index in [1.807, 2.05) is 13.8 Å². The molecule has 204 valence electrons. The fourth-order valence-electron chi connectivity index (χ4n) is 3.00. The zero-order chi connectivity index (χ0) is 28.8. The zero-order valence-corrected chi connectivity index (χ0v) is 20.6. The number of non-ortho nitro benzene ring substituents is 2. The molecule has 0 unspecified atom stereocenters. The Bertz CT molecular complexity index is 1140. The molecule has 2 aromatic carbocycles. The molecule has 0 aliphatic heterocycles. The van der Waals surface area contributed by atoms with Crippen LogP contribution in [-0.4, -0.2) is 86.3 Å². The number of carbonyl (C=O) groups is 4. The Kier molecular flexibility index (Phi) is 12.5. The first-order valence-corrected chi connectivity index (χ1v) is 11.2. The number of benzene rings is 2. The summed E-state index contributed by atoms with van der Waals surface area (Å²) in [6.45, 7) is 6.15. The molecule has 15 nitrogen and oxygen atoms in total. The van der Waals surface area contributed by atoms with Crippen LogP contribution in [0.5, 0.6) is 0 Å². The van der Waals surface area contributed by atoms with Crippen molar-refractivity contribution in [3.8, 4) is 0 Å². The number of likely N-dealkylation sites (N-methyl/N-ethyl adjacent to an activating group) is 1. The van der Waals surface area contributed by atoms with E-state index in [9.17, 15) is 29.8 Å². The molecule has 0 aliphatic carbocycles. The highest BCUT2D eigenvalue weighted by molar-refractivity contribution is 6.27. The second-order valence-electron chi connectivity index (χ2n) is 7.52. The highest BCUT2D eigenvalue weighted by Crippen LogP contribution is 2.16. The number of nitro benzene ring substituents is 2. The number of carboxylic acid groups (broad SMARTS) is 2. The van der Waals surface area contributed by atoms with Gasteiger partial charge in [-0.05, 0) is 37.4 Å². The fourth-order valence-corrected chi connectivity index (χ4v) is 3.00. The van der Waals surface area contributed by atoms with Gasteiger partial charge in [-0.3, -0.25) is 29.8 Å². The van der Waals surface area contributed by atoms with E-state index in [1.165, 1.54) is 53.4 Å². The monoisotopic (exact) mass is 533 g/mol. The smallest absolute Gasteiger partial charge is 0.414 e.